The van der Waals surface area contributed by atoms with Crippen molar-refractivity contribution in [2.75, 3.05) is 18.4 Å². The molecule has 1 fully saturated rings. The third kappa shape index (κ3) is 4.30. The molecule has 0 saturated carbocycles. The maximum Gasteiger partial charge on any atom is 0.274 e. The number of rotatable bonds is 5. The van der Waals surface area contributed by atoms with E-state index < -0.39 is 0 Å². The summed E-state index contributed by atoms with van der Waals surface area (Å²) < 4.78 is 7.81. The number of piperidine rings is 1. The van der Waals surface area contributed by atoms with Crippen molar-refractivity contribution in [1.82, 2.24) is 19.9 Å². The molecule has 2 aromatic heterocycles. The van der Waals surface area contributed by atoms with E-state index in [1.807, 2.05) is 48.5 Å². The Morgan fingerprint density at radius 3 is 2.81 bits per heavy atom. The Morgan fingerprint density at radius 2 is 1.97 bits per heavy atom. The highest BCUT2D eigenvalue weighted by Crippen LogP contribution is 2.28. The van der Waals surface area contributed by atoms with Crippen molar-refractivity contribution in [1.29, 1.82) is 0 Å². The topological polar surface area (TPSA) is 80.5 Å². The zero-order valence-corrected chi connectivity index (χ0v) is 18.0. The summed E-state index contributed by atoms with van der Waals surface area (Å²) in [6.07, 6.45) is 5.46. The molecule has 32 heavy (non-hydrogen) atoms. The van der Waals surface area contributed by atoms with E-state index in [-0.39, 0.29) is 17.7 Å². The van der Waals surface area contributed by atoms with Gasteiger partial charge in [-0.15, -0.1) is 0 Å². The maximum atomic E-state index is 13.0. The van der Waals surface area contributed by atoms with Gasteiger partial charge in [0.15, 0.2) is 5.65 Å². The summed E-state index contributed by atoms with van der Waals surface area (Å²) in [7, 11) is 0. The monoisotopic (exact) mass is 447 g/mol. The molecule has 0 unspecified atom stereocenters. The van der Waals surface area contributed by atoms with Crippen molar-refractivity contribution in [3.05, 3.63) is 77.7 Å². The molecule has 0 aliphatic carbocycles. The molecule has 162 valence electrons. The summed E-state index contributed by atoms with van der Waals surface area (Å²) in [5.41, 5.74) is 3.19. The number of para-hydroxylation sites is 2. The quantitative estimate of drug-likeness (QED) is 0.473. The van der Waals surface area contributed by atoms with E-state index in [1.165, 1.54) is 0 Å². The zero-order chi connectivity index (χ0) is 21.9. The number of aromatic nitrogens is 3. The van der Waals surface area contributed by atoms with Gasteiger partial charge in [0.2, 0.25) is 0 Å². The van der Waals surface area contributed by atoms with Crippen LogP contribution in [0.25, 0.3) is 16.8 Å². The average molecular weight is 448 g/mol. The maximum absolute atomic E-state index is 13.0. The Morgan fingerprint density at radius 1 is 1.12 bits per heavy atom. The number of benzene rings is 2. The van der Waals surface area contributed by atoms with Crippen LogP contribution in [0.2, 0.25) is 5.02 Å². The minimum Gasteiger partial charge on any atom is -0.488 e. The number of nitrogens with zero attached hydrogens (tertiary/aromatic N) is 3. The molecule has 1 aliphatic rings. The smallest absolute Gasteiger partial charge is 0.274 e. The van der Waals surface area contributed by atoms with Crippen LogP contribution >= 0.6 is 11.6 Å². The molecule has 5 rings (SSSR count). The summed E-state index contributed by atoms with van der Waals surface area (Å²) in [5, 5.41) is 11.2. The summed E-state index contributed by atoms with van der Waals surface area (Å²) in [6.45, 7) is 1.87. The van der Waals surface area contributed by atoms with E-state index >= 15 is 0 Å². The highest BCUT2D eigenvalue weighted by atomic mass is 35.5. The molecule has 2 aromatic carbocycles. The third-order valence-corrected chi connectivity index (χ3v) is 5.69. The van der Waals surface area contributed by atoms with E-state index in [9.17, 15) is 4.79 Å². The number of hydrogen-bond acceptors (Lipinski definition) is 5. The fraction of sp³-hybridized carbons (Fsp3) is 0.208. The van der Waals surface area contributed by atoms with E-state index in [2.05, 4.69) is 20.7 Å². The lowest BCUT2D eigenvalue weighted by Gasteiger charge is -2.25. The predicted molar refractivity (Wildman–Crippen MR) is 124 cm³/mol. The lowest BCUT2D eigenvalue weighted by molar-refractivity contribution is 0.102. The van der Waals surface area contributed by atoms with Gasteiger partial charge in [0.1, 0.15) is 17.5 Å². The van der Waals surface area contributed by atoms with Gasteiger partial charge in [-0.3, -0.25) is 4.79 Å². The van der Waals surface area contributed by atoms with Crippen LogP contribution in [0, 0.1) is 0 Å². The molecule has 0 spiro atoms. The van der Waals surface area contributed by atoms with Crippen molar-refractivity contribution >= 4 is 28.8 Å². The van der Waals surface area contributed by atoms with E-state index in [1.54, 1.807) is 23.0 Å². The van der Waals surface area contributed by atoms with Gasteiger partial charge < -0.3 is 15.4 Å². The van der Waals surface area contributed by atoms with E-state index in [4.69, 9.17) is 16.3 Å². The summed E-state index contributed by atoms with van der Waals surface area (Å²) in [4.78, 5) is 17.6. The molecule has 1 amide bonds. The molecule has 8 heteroatoms. The van der Waals surface area contributed by atoms with Crippen molar-refractivity contribution in [3.63, 3.8) is 0 Å². The van der Waals surface area contributed by atoms with Crippen LogP contribution < -0.4 is 15.4 Å². The second-order valence-corrected chi connectivity index (χ2v) is 8.10. The first-order chi connectivity index (χ1) is 15.7. The van der Waals surface area contributed by atoms with Gasteiger partial charge in [0, 0.05) is 16.8 Å². The Bertz CT molecular complexity index is 1270. The third-order valence-electron chi connectivity index (χ3n) is 5.45. The predicted octanol–water partition coefficient (Wildman–Crippen LogP) is 4.43. The first-order valence-electron chi connectivity index (χ1n) is 10.6. The summed E-state index contributed by atoms with van der Waals surface area (Å²) in [5.74, 6) is 0.352. The van der Waals surface area contributed by atoms with Crippen LogP contribution in [-0.4, -0.2) is 39.7 Å². The minimum absolute atomic E-state index is 0.135. The van der Waals surface area contributed by atoms with Crippen molar-refractivity contribution in [2.45, 2.75) is 18.9 Å². The molecule has 0 radical (unpaired) electrons. The van der Waals surface area contributed by atoms with Crippen LogP contribution in [0.3, 0.4) is 0 Å². The standard InChI is InChI=1S/C24H22ClN5O2/c25-17-5-3-4-16(14-17)19-15-27-30-13-10-21(28-23(19)30)24(31)29-20-6-1-2-7-22(20)32-18-8-11-26-12-9-18/h1-7,10,13-15,18,26H,8-9,11-12H2,(H,29,31). The number of nitrogens with one attached hydrogen (secondary N) is 2. The van der Waals surface area contributed by atoms with E-state index in [0.717, 1.165) is 37.1 Å². The lowest BCUT2D eigenvalue weighted by Crippen LogP contribution is -2.34. The highest BCUT2D eigenvalue weighted by molar-refractivity contribution is 6.30. The molecule has 7 nitrogen and oxygen atoms in total. The average Bonchev–Trinajstić information content (AvgIpc) is 3.24. The first-order valence-corrected chi connectivity index (χ1v) is 10.9. The SMILES string of the molecule is O=C(Nc1ccccc1OC1CCNCC1)c1ccn2ncc(-c3cccc(Cl)c3)c2n1. The number of anilines is 1. The Labute approximate surface area is 190 Å². The largest absolute Gasteiger partial charge is 0.488 e. The van der Waals surface area contributed by atoms with Gasteiger partial charge in [-0.05, 0) is 61.8 Å². The second kappa shape index (κ2) is 8.98. The Hall–Kier alpha value is -3.42. The number of fused-ring (bicyclic) bond motifs is 1. The Kier molecular flexibility index (Phi) is 5.75. The molecule has 1 saturated heterocycles. The number of hydrogen-bond donors (Lipinski definition) is 2. The molecule has 0 bridgehead atoms. The number of halogens is 1. The molecule has 4 aromatic rings. The number of ether oxygens (including phenoxy) is 1. The Balaban J connectivity index is 1.40. The zero-order valence-electron chi connectivity index (χ0n) is 17.3. The molecular weight excluding hydrogens is 426 g/mol. The van der Waals surface area contributed by atoms with Gasteiger partial charge in [0.05, 0.1) is 11.9 Å². The van der Waals surface area contributed by atoms with Crippen LogP contribution in [-0.2, 0) is 0 Å². The molecule has 1 aliphatic heterocycles. The van der Waals surface area contributed by atoms with Gasteiger partial charge in [0.25, 0.3) is 5.91 Å². The number of carbonyl (C=O) groups is 1. The second-order valence-electron chi connectivity index (χ2n) is 7.67. The van der Waals surface area contributed by atoms with Gasteiger partial charge >= 0.3 is 0 Å². The number of carbonyl (C=O) groups excluding carboxylic acids is 1. The van der Waals surface area contributed by atoms with Gasteiger partial charge in [-0.25, -0.2) is 9.50 Å². The summed E-state index contributed by atoms with van der Waals surface area (Å²) >= 11 is 6.14. The minimum atomic E-state index is -0.313. The lowest BCUT2D eigenvalue weighted by atomic mass is 10.1. The van der Waals surface area contributed by atoms with Crippen molar-refractivity contribution in [3.8, 4) is 16.9 Å². The normalized spacial score (nSPS) is 14.4. The van der Waals surface area contributed by atoms with Crippen LogP contribution in [0.4, 0.5) is 5.69 Å². The van der Waals surface area contributed by atoms with Gasteiger partial charge in [-0.1, -0.05) is 35.9 Å². The fourth-order valence-corrected chi connectivity index (χ4v) is 4.00. The van der Waals surface area contributed by atoms with Crippen LogP contribution in [0.5, 0.6) is 5.75 Å². The van der Waals surface area contributed by atoms with Crippen molar-refractivity contribution < 1.29 is 9.53 Å². The number of amides is 1. The van der Waals surface area contributed by atoms with Crippen LogP contribution in [0.1, 0.15) is 23.3 Å². The van der Waals surface area contributed by atoms with E-state index in [0.29, 0.717) is 22.1 Å². The fourth-order valence-electron chi connectivity index (χ4n) is 3.81. The highest BCUT2D eigenvalue weighted by Gasteiger charge is 2.18. The van der Waals surface area contributed by atoms with Crippen molar-refractivity contribution in [2.24, 2.45) is 0 Å². The molecule has 3 heterocycles. The van der Waals surface area contributed by atoms with Crippen LogP contribution in [0.15, 0.2) is 67.0 Å². The summed E-state index contributed by atoms with van der Waals surface area (Å²) in [6, 6.07) is 16.6. The molecule has 2 N–H and O–H groups in total. The molecule has 0 atom stereocenters. The first kappa shape index (κ1) is 20.5. The molecular formula is C24H22ClN5O2. The van der Waals surface area contributed by atoms with Gasteiger partial charge in [-0.2, -0.15) is 5.10 Å².